The van der Waals surface area contributed by atoms with Gasteiger partial charge in [0.25, 0.3) is 0 Å². The predicted octanol–water partition coefficient (Wildman–Crippen LogP) is 3.18. The normalized spacial score (nSPS) is 29.2. The van der Waals surface area contributed by atoms with Gasteiger partial charge in [0.05, 0.1) is 11.6 Å². The van der Waals surface area contributed by atoms with Crippen LogP contribution in [0.15, 0.2) is 36.4 Å². The van der Waals surface area contributed by atoms with E-state index in [-0.39, 0.29) is 0 Å². The molecule has 0 aliphatic heterocycles. The third-order valence-corrected chi connectivity index (χ3v) is 4.00. The van der Waals surface area contributed by atoms with Crippen LogP contribution in [-0.2, 0) is 0 Å². The van der Waals surface area contributed by atoms with Crippen molar-refractivity contribution in [3.05, 3.63) is 42.0 Å². The highest BCUT2D eigenvalue weighted by atomic mass is 14.9. The largest absolute Gasteiger partial charge is 0.385 e. The minimum absolute atomic E-state index is 0.721. The Hall–Kier alpha value is -1.75. The minimum atomic E-state index is 0.721. The van der Waals surface area contributed by atoms with Crippen LogP contribution >= 0.6 is 0 Å². The molecule has 3 unspecified atom stereocenters. The van der Waals surface area contributed by atoms with Gasteiger partial charge in [-0.05, 0) is 54.9 Å². The van der Waals surface area contributed by atoms with Crippen molar-refractivity contribution in [1.29, 1.82) is 5.26 Å². The lowest BCUT2D eigenvalue weighted by Crippen LogP contribution is -2.18. The van der Waals surface area contributed by atoms with E-state index >= 15 is 0 Å². The average Bonchev–Trinajstić information content (AvgIpc) is 2.99. The maximum atomic E-state index is 8.72. The summed E-state index contributed by atoms with van der Waals surface area (Å²) in [5, 5.41) is 12.2. The number of hydrogen-bond acceptors (Lipinski definition) is 2. The summed E-state index contributed by atoms with van der Waals surface area (Å²) in [6, 6.07) is 9.84. The van der Waals surface area contributed by atoms with Gasteiger partial charge in [-0.15, -0.1) is 0 Å². The van der Waals surface area contributed by atoms with Crippen LogP contribution in [-0.4, -0.2) is 6.54 Å². The van der Waals surface area contributed by atoms with E-state index in [4.69, 9.17) is 5.26 Å². The summed E-state index contributed by atoms with van der Waals surface area (Å²) in [5.74, 6) is 2.43. The molecular weight excluding hydrogens is 208 g/mol. The highest BCUT2D eigenvalue weighted by Gasteiger charge is 2.35. The molecule has 2 aliphatic rings. The van der Waals surface area contributed by atoms with Crippen molar-refractivity contribution in [2.45, 2.75) is 12.8 Å². The van der Waals surface area contributed by atoms with Gasteiger partial charge in [-0.2, -0.15) is 5.26 Å². The molecule has 1 aromatic carbocycles. The Bertz CT molecular complexity index is 467. The second kappa shape index (κ2) is 4.25. The van der Waals surface area contributed by atoms with Crippen molar-refractivity contribution in [3.8, 4) is 6.07 Å². The Balaban J connectivity index is 1.57. The molecule has 0 amide bonds. The van der Waals surface area contributed by atoms with E-state index in [1.165, 1.54) is 12.8 Å². The van der Waals surface area contributed by atoms with E-state index in [9.17, 15) is 0 Å². The number of nitriles is 1. The average molecular weight is 224 g/mol. The lowest BCUT2D eigenvalue weighted by molar-refractivity contribution is 0.472. The topological polar surface area (TPSA) is 35.8 Å². The van der Waals surface area contributed by atoms with Crippen molar-refractivity contribution in [1.82, 2.24) is 0 Å². The number of rotatable bonds is 3. The van der Waals surface area contributed by atoms with E-state index in [0.29, 0.717) is 0 Å². The molecule has 3 atom stereocenters. The zero-order valence-corrected chi connectivity index (χ0v) is 9.76. The smallest absolute Gasteiger partial charge is 0.0991 e. The molecule has 2 aliphatic carbocycles. The van der Waals surface area contributed by atoms with Crippen LogP contribution in [0.1, 0.15) is 18.4 Å². The summed E-state index contributed by atoms with van der Waals surface area (Å²) in [5.41, 5.74) is 1.84. The number of allylic oxidation sites excluding steroid dienone is 2. The maximum absolute atomic E-state index is 8.72. The van der Waals surface area contributed by atoms with E-state index in [0.717, 1.165) is 35.5 Å². The second-order valence-electron chi connectivity index (χ2n) is 5.11. The number of hydrogen-bond donors (Lipinski definition) is 1. The second-order valence-corrected chi connectivity index (χ2v) is 5.11. The molecule has 2 bridgehead atoms. The Morgan fingerprint density at radius 1 is 1.18 bits per heavy atom. The molecule has 1 N–H and O–H groups in total. The van der Waals surface area contributed by atoms with Gasteiger partial charge in [0.2, 0.25) is 0 Å². The van der Waals surface area contributed by atoms with Crippen LogP contribution in [0, 0.1) is 29.1 Å². The third-order valence-electron chi connectivity index (χ3n) is 4.00. The van der Waals surface area contributed by atoms with Gasteiger partial charge in [0, 0.05) is 12.2 Å². The molecule has 0 heterocycles. The van der Waals surface area contributed by atoms with E-state index in [1.54, 1.807) is 0 Å². The van der Waals surface area contributed by atoms with Crippen LogP contribution in [0.2, 0.25) is 0 Å². The van der Waals surface area contributed by atoms with E-state index < -0.39 is 0 Å². The Kier molecular flexibility index (Phi) is 2.60. The van der Waals surface area contributed by atoms with Gasteiger partial charge in [0.1, 0.15) is 0 Å². The Morgan fingerprint density at radius 3 is 2.59 bits per heavy atom. The monoisotopic (exact) mass is 224 g/mol. The fraction of sp³-hybridized carbons (Fsp3) is 0.400. The lowest BCUT2D eigenvalue weighted by atomic mass is 9.93. The first-order valence-corrected chi connectivity index (χ1v) is 6.27. The summed E-state index contributed by atoms with van der Waals surface area (Å²) in [7, 11) is 0. The molecule has 1 saturated carbocycles. The Morgan fingerprint density at radius 2 is 2.00 bits per heavy atom. The summed E-state index contributed by atoms with van der Waals surface area (Å²) in [4.78, 5) is 0. The zero-order chi connectivity index (χ0) is 11.7. The van der Waals surface area contributed by atoms with Crippen LogP contribution in [0.5, 0.6) is 0 Å². The van der Waals surface area contributed by atoms with E-state index in [2.05, 4.69) is 23.5 Å². The van der Waals surface area contributed by atoms with Gasteiger partial charge in [-0.25, -0.2) is 0 Å². The first kappa shape index (κ1) is 10.4. The first-order chi connectivity index (χ1) is 8.35. The fourth-order valence-corrected chi connectivity index (χ4v) is 3.04. The summed E-state index contributed by atoms with van der Waals surface area (Å²) < 4.78 is 0. The zero-order valence-electron chi connectivity index (χ0n) is 9.76. The molecule has 0 spiro atoms. The molecule has 17 heavy (non-hydrogen) atoms. The molecule has 86 valence electrons. The lowest BCUT2D eigenvalue weighted by Gasteiger charge is -2.19. The van der Waals surface area contributed by atoms with Crippen molar-refractivity contribution in [2.75, 3.05) is 11.9 Å². The molecule has 3 rings (SSSR count). The predicted molar refractivity (Wildman–Crippen MR) is 68.5 cm³/mol. The van der Waals surface area contributed by atoms with Gasteiger partial charge in [-0.3, -0.25) is 0 Å². The van der Waals surface area contributed by atoms with Crippen LogP contribution in [0.3, 0.4) is 0 Å². The maximum Gasteiger partial charge on any atom is 0.0991 e. The van der Waals surface area contributed by atoms with Gasteiger partial charge >= 0.3 is 0 Å². The van der Waals surface area contributed by atoms with Gasteiger partial charge < -0.3 is 5.32 Å². The molecule has 2 nitrogen and oxygen atoms in total. The molecule has 0 saturated heterocycles. The standard InChI is InChI=1S/C15H16N2/c16-9-11-2-5-15(6-3-11)17-10-14-8-12-1-4-13(14)7-12/h1-6,12-14,17H,7-8,10H2. The number of fused-ring (bicyclic) bond motifs is 2. The van der Waals surface area contributed by atoms with Crippen molar-refractivity contribution >= 4 is 5.69 Å². The van der Waals surface area contributed by atoms with Crippen molar-refractivity contribution < 1.29 is 0 Å². The molecule has 0 radical (unpaired) electrons. The molecule has 1 aromatic rings. The number of anilines is 1. The summed E-state index contributed by atoms with van der Waals surface area (Å²) >= 11 is 0. The number of benzene rings is 1. The third kappa shape index (κ3) is 2.06. The SMILES string of the molecule is N#Cc1ccc(NCC2CC3C=CC2C3)cc1. The quantitative estimate of drug-likeness (QED) is 0.800. The van der Waals surface area contributed by atoms with Crippen molar-refractivity contribution in [3.63, 3.8) is 0 Å². The highest BCUT2D eigenvalue weighted by Crippen LogP contribution is 2.43. The van der Waals surface area contributed by atoms with Gasteiger partial charge in [0.15, 0.2) is 0 Å². The number of nitrogens with zero attached hydrogens (tertiary/aromatic N) is 1. The molecule has 1 fully saturated rings. The summed E-state index contributed by atoms with van der Waals surface area (Å²) in [6.45, 7) is 1.05. The molecular formula is C15H16N2. The number of nitrogens with one attached hydrogen (secondary N) is 1. The van der Waals surface area contributed by atoms with Crippen molar-refractivity contribution in [2.24, 2.45) is 17.8 Å². The Labute approximate surface area is 102 Å². The molecule has 0 aromatic heterocycles. The fourth-order valence-electron chi connectivity index (χ4n) is 3.04. The first-order valence-electron chi connectivity index (χ1n) is 6.27. The van der Waals surface area contributed by atoms with Crippen LogP contribution in [0.4, 0.5) is 5.69 Å². The van der Waals surface area contributed by atoms with E-state index in [1.807, 2.05) is 24.3 Å². The van der Waals surface area contributed by atoms with Crippen LogP contribution in [0.25, 0.3) is 0 Å². The summed E-state index contributed by atoms with van der Waals surface area (Å²) in [6.07, 6.45) is 7.46. The highest BCUT2D eigenvalue weighted by molar-refractivity contribution is 5.47. The van der Waals surface area contributed by atoms with Crippen LogP contribution < -0.4 is 5.32 Å². The minimum Gasteiger partial charge on any atom is -0.385 e. The molecule has 2 heteroatoms. The van der Waals surface area contributed by atoms with Gasteiger partial charge in [-0.1, -0.05) is 12.2 Å².